The molecule has 0 unspecified atom stereocenters. The maximum Gasteiger partial charge on any atom is 0.0541 e. The van der Waals surface area contributed by atoms with E-state index >= 15 is 0 Å². The van der Waals surface area contributed by atoms with Gasteiger partial charge in [0.25, 0.3) is 0 Å². The van der Waals surface area contributed by atoms with Crippen LogP contribution in [0.2, 0.25) is 0 Å². The molecule has 3 heteroatoms. The summed E-state index contributed by atoms with van der Waals surface area (Å²) in [4.78, 5) is 4.00. The molecule has 1 heterocycles. The summed E-state index contributed by atoms with van der Waals surface area (Å²) in [5.74, 6) is 5.03. The van der Waals surface area contributed by atoms with Crippen molar-refractivity contribution >= 4 is 6.21 Å². The van der Waals surface area contributed by atoms with Gasteiger partial charge in [0, 0.05) is 18.0 Å². The highest BCUT2D eigenvalue weighted by Gasteiger charge is 1.94. The molecule has 0 aliphatic carbocycles. The van der Waals surface area contributed by atoms with Crippen molar-refractivity contribution in [3.05, 3.63) is 29.6 Å². The molecule has 0 radical (unpaired) electrons. The van der Waals surface area contributed by atoms with Crippen LogP contribution in [0.5, 0.6) is 0 Å². The van der Waals surface area contributed by atoms with Crippen molar-refractivity contribution in [3.63, 3.8) is 0 Å². The fourth-order valence-electron chi connectivity index (χ4n) is 0.940. The van der Waals surface area contributed by atoms with Crippen molar-refractivity contribution in [2.24, 2.45) is 10.9 Å². The van der Waals surface area contributed by atoms with Crippen molar-refractivity contribution in [2.75, 3.05) is 0 Å². The number of hydrazone groups is 1. The summed E-state index contributed by atoms with van der Waals surface area (Å²) in [5.41, 5.74) is 2.21. The fraction of sp³-hybridized carbons (Fsp3) is 0.250. The Morgan fingerprint density at radius 1 is 1.73 bits per heavy atom. The van der Waals surface area contributed by atoms with Gasteiger partial charge in [-0.3, -0.25) is 4.98 Å². The van der Waals surface area contributed by atoms with Gasteiger partial charge >= 0.3 is 0 Å². The van der Waals surface area contributed by atoms with Crippen molar-refractivity contribution in [2.45, 2.75) is 13.3 Å². The van der Waals surface area contributed by atoms with Gasteiger partial charge in [0.2, 0.25) is 0 Å². The molecule has 58 valence electrons. The molecule has 0 atom stereocenters. The van der Waals surface area contributed by atoms with Crippen LogP contribution >= 0.6 is 0 Å². The second-order valence-electron chi connectivity index (χ2n) is 2.21. The number of nitrogens with two attached hydrogens (primary N) is 1. The Labute approximate surface area is 66.0 Å². The first-order valence-electron chi connectivity index (χ1n) is 3.54. The van der Waals surface area contributed by atoms with Gasteiger partial charge in [-0.25, -0.2) is 0 Å². The minimum absolute atomic E-state index is 0.954. The summed E-state index contributed by atoms with van der Waals surface area (Å²) in [5, 5.41) is 3.46. The third-order valence-electron chi connectivity index (χ3n) is 1.54. The number of nitrogens with zero attached hydrogens (tertiary/aromatic N) is 2. The number of hydrogen-bond acceptors (Lipinski definition) is 3. The normalized spacial score (nSPS) is 10.6. The molecule has 0 bridgehead atoms. The number of aryl methyl sites for hydroxylation is 1. The Hall–Kier alpha value is -1.38. The summed E-state index contributed by atoms with van der Waals surface area (Å²) in [7, 11) is 0. The quantitative estimate of drug-likeness (QED) is 0.386. The van der Waals surface area contributed by atoms with Crippen LogP contribution in [0.4, 0.5) is 0 Å². The average Bonchev–Trinajstić information content (AvgIpc) is 2.06. The highest BCUT2D eigenvalue weighted by Crippen LogP contribution is 2.03. The van der Waals surface area contributed by atoms with E-state index in [-0.39, 0.29) is 0 Å². The highest BCUT2D eigenvalue weighted by atomic mass is 15.1. The number of rotatable bonds is 2. The van der Waals surface area contributed by atoms with E-state index in [2.05, 4.69) is 17.0 Å². The van der Waals surface area contributed by atoms with E-state index in [1.165, 1.54) is 5.56 Å². The van der Waals surface area contributed by atoms with Crippen molar-refractivity contribution in [1.82, 2.24) is 4.98 Å². The lowest BCUT2D eigenvalue weighted by Crippen LogP contribution is -1.93. The number of hydrogen-bond donors (Lipinski definition) is 1. The van der Waals surface area contributed by atoms with E-state index < -0.39 is 0 Å². The lowest BCUT2D eigenvalue weighted by Gasteiger charge is -1.98. The van der Waals surface area contributed by atoms with Gasteiger partial charge in [-0.2, -0.15) is 5.10 Å². The fourth-order valence-corrected chi connectivity index (χ4v) is 0.940. The van der Waals surface area contributed by atoms with Crippen LogP contribution in [0.25, 0.3) is 0 Å². The van der Waals surface area contributed by atoms with Crippen molar-refractivity contribution in [3.8, 4) is 0 Å². The topological polar surface area (TPSA) is 51.3 Å². The summed E-state index contributed by atoms with van der Waals surface area (Å²) in [6.07, 6.45) is 6.16. The molecule has 3 nitrogen and oxygen atoms in total. The molecule has 1 rings (SSSR count). The molecule has 0 spiro atoms. The first kappa shape index (κ1) is 7.72. The van der Waals surface area contributed by atoms with Gasteiger partial charge in [0.1, 0.15) is 0 Å². The van der Waals surface area contributed by atoms with Crippen LogP contribution in [0.15, 0.2) is 23.6 Å². The number of pyridine rings is 1. The Morgan fingerprint density at radius 2 is 2.55 bits per heavy atom. The molecule has 0 fully saturated rings. The van der Waals surface area contributed by atoms with Crippen LogP contribution in [0, 0.1) is 0 Å². The highest BCUT2D eigenvalue weighted by molar-refractivity contribution is 5.81. The van der Waals surface area contributed by atoms with Gasteiger partial charge in [-0.1, -0.05) is 6.92 Å². The molecule has 11 heavy (non-hydrogen) atoms. The van der Waals surface area contributed by atoms with Crippen LogP contribution in [0.3, 0.4) is 0 Å². The molecule has 0 aliphatic heterocycles. The zero-order valence-electron chi connectivity index (χ0n) is 6.49. The molecule has 0 amide bonds. The predicted molar refractivity (Wildman–Crippen MR) is 45.4 cm³/mol. The van der Waals surface area contributed by atoms with Gasteiger partial charge in [0.15, 0.2) is 0 Å². The molecule has 0 aliphatic rings. The zero-order chi connectivity index (χ0) is 8.10. The van der Waals surface area contributed by atoms with Gasteiger partial charge < -0.3 is 5.84 Å². The molecule has 1 aromatic rings. The summed E-state index contributed by atoms with van der Waals surface area (Å²) < 4.78 is 0. The third kappa shape index (κ3) is 1.77. The molecule has 2 N–H and O–H groups in total. The lowest BCUT2D eigenvalue weighted by atomic mass is 10.1. The van der Waals surface area contributed by atoms with E-state index in [9.17, 15) is 0 Å². The minimum Gasteiger partial charge on any atom is -0.323 e. The first-order chi connectivity index (χ1) is 5.38. The Bertz CT molecular complexity index is 255. The van der Waals surface area contributed by atoms with Crippen LogP contribution < -0.4 is 5.84 Å². The summed E-state index contributed by atoms with van der Waals surface area (Å²) >= 11 is 0. The largest absolute Gasteiger partial charge is 0.323 e. The van der Waals surface area contributed by atoms with E-state index in [0.29, 0.717) is 0 Å². The third-order valence-corrected chi connectivity index (χ3v) is 1.54. The maximum absolute atomic E-state index is 5.03. The van der Waals surface area contributed by atoms with Gasteiger partial charge in [-0.15, -0.1) is 0 Å². The Balaban J connectivity index is 3.02. The van der Waals surface area contributed by atoms with Crippen molar-refractivity contribution in [1.29, 1.82) is 0 Å². The SMILES string of the molecule is CCc1cnccc1C=NN. The minimum atomic E-state index is 0.954. The van der Waals surface area contributed by atoms with Gasteiger partial charge in [-0.05, 0) is 18.1 Å². The predicted octanol–water partition coefficient (Wildman–Crippen LogP) is 0.937. The van der Waals surface area contributed by atoms with Gasteiger partial charge in [0.05, 0.1) is 6.21 Å². The zero-order valence-corrected chi connectivity index (χ0v) is 6.49. The number of aromatic nitrogens is 1. The maximum atomic E-state index is 5.03. The molecular weight excluding hydrogens is 138 g/mol. The van der Waals surface area contributed by atoms with E-state index in [4.69, 9.17) is 5.84 Å². The first-order valence-corrected chi connectivity index (χ1v) is 3.54. The second kappa shape index (κ2) is 3.71. The monoisotopic (exact) mass is 149 g/mol. The molecule has 0 saturated carbocycles. The Morgan fingerprint density at radius 3 is 3.18 bits per heavy atom. The van der Waals surface area contributed by atoms with Crippen LogP contribution in [-0.2, 0) is 6.42 Å². The lowest BCUT2D eigenvalue weighted by molar-refractivity contribution is 1.10. The summed E-state index contributed by atoms with van der Waals surface area (Å²) in [6.45, 7) is 2.07. The Kier molecular flexibility index (Phi) is 2.60. The van der Waals surface area contributed by atoms with E-state index in [0.717, 1.165) is 12.0 Å². The molecule has 0 aromatic carbocycles. The van der Waals surface area contributed by atoms with E-state index in [1.54, 1.807) is 12.4 Å². The molecule has 0 saturated heterocycles. The van der Waals surface area contributed by atoms with Crippen LogP contribution in [-0.4, -0.2) is 11.2 Å². The average molecular weight is 149 g/mol. The standard InChI is InChI=1S/C8H11N3/c1-2-7-5-10-4-3-8(7)6-11-9/h3-6H,2,9H2,1H3. The second-order valence-corrected chi connectivity index (χ2v) is 2.21. The molecular formula is C8H11N3. The van der Waals surface area contributed by atoms with E-state index in [1.807, 2.05) is 12.3 Å². The van der Waals surface area contributed by atoms with Crippen LogP contribution in [0.1, 0.15) is 18.1 Å². The molecule has 1 aromatic heterocycles. The smallest absolute Gasteiger partial charge is 0.0541 e. The van der Waals surface area contributed by atoms with Crippen molar-refractivity contribution < 1.29 is 0 Å². The summed E-state index contributed by atoms with van der Waals surface area (Å²) in [6, 6.07) is 1.90.